The standard InChI is InChI=1S/C20H19N3O4/c1-12(2)13-7-9-14(10-8-13)18-19(23-27-22-18)21-20(24)17-11-25-15-5-3-4-6-16(15)26-17/h3-10,12,17H,11H2,1-2H3,(H,21,23,24)/t17-/m0/s1. The first-order chi connectivity index (χ1) is 13.1. The molecule has 1 N–H and O–H groups in total. The van der Waals surface area contributed by atoms with Gasteiger partial charge in [0.15, 0.2) is 17.2 Å². The maximum Gasteiger partial charge on any atom is 0.270 e. The number of carbonyl (C=O) groups is 1. The molecule has 1 aliphatic heterocycles. The van der Waals surface area contributed by atoms with Crippen molar-refractivity contribution in [2.24, 2.45) is 0 Å². The van der Waals surface area contributed by atoms with Crippen LogP contribution in [0.25, 0.3) is 11.3 Å². The monoisotopic (exact) mass is 365 g/mol. The largest absolute Gasteiger partial charge is 0.485 e. The molecule has 0 bridgehead atoms. The summed E-state index contributed by atoms with van der Waals surface area (Å²) in [5, 5.41) is 10.5. The van der Waals surface area contributed by atoms with Gasteiger partial charge in [-0.3, -0.25) is 4.79 Å². The van der Waals surface area contributed by atoms with Gasteiger partial charge >= 0.3 is 0 Å². The molecule has 7 heteroatoms. The van der Waals surface area contributed by atoms with Crippen molar-refractivity contribution in [3.05, 3.63) is 54.1 Å². The lowest BCUT2D eigenvalue weighted by Gasteiger charge is -2.25. The van der Waals surface area contributed by atoms with Crippen LogP contribution in [-0.4, -0.2) is 28.9 Å². The van der Waals surface area contributed by atoms with Crippen molar-refractivity contribution in [1.29, 1.82) is 0 Å². The molecule has 1 amide bonds. The van der Waals surface area contributed by atoms with Gasteiger partial charge in [0.05, 0.1) is 0 Å². The van der Waals surface area contributed by atoms with Crippen LogP contribution in [-0.2, 0) is 4.79 Å². The highest BCUT2D eigenvalue weighted by atomic mass is 16.6. The number of amides is 1. The van der Waals surface area contributed by atoms with Crippen molar-refractivity contribution < 1.29 is 18.9 Å². The van der Waals surface area contributed by atoms with Crippen LogP contribution in [0.15, 0.2) is 53.2 Å². The average molecular weight is 365 g/mol. The molecule has 0 radical (unpaired) electrons. The molecule has 138 valence electrons. The zero-order valence-electron chi connectivity index (χ0n) is 15.0. The molecule has 1 aliphatic rings. The highest BCUT2D eigenvalue weighted by molar-refractivity contribution is 5.96. The third-order valence-electron chi connectivity index (χ3n) is 4.38. The molecule has 2 aromatic carbocycles. The fraction of sp³-hybridized carbons (Fsp3) is 0.250. The van der Waals surface area contributed by atoms with Gasteiger partial charge in [-0.15, -0.1) is 0 Å². The topological polar surface area (TPSA) is 86.5 Å². The number of para-hydroxylation sites is 2. The van der Waals surface area contributed by atoms with Crippen LogP contribution < -0.4 is 14.8 Å². The lowest BCUT2D eigenvalue weighted by Crippen LogP contribution is -2.40. The van der Waals surface area contributed by atoms with Gasteiger partial charge in [0.25, 0.3) is 5.91 Å². The van der Waals surface area contributed by atoms with E-state index in [9.17, 15) is 4.79 Å². The second kappa shape index (κ2) is 7.11. The lowest BCUT2D eigenvalue weighted by molar-refractivity contribution is -0.125. The van der Waals surface area contributed by atoms with Crippen LogP contribution in [0.3, 0.4) is 0 Å². The Labute approximate surface area is 156 Å². The molecule has 0 fully saturated rings. The van der Waals surface area contributed by atoms with Crippen molar-refractivity contribution in [2.75, 3.05) is 11.9 Å². The Kier molecular flexibility index (Phi) is 4.50. The summed E-state index contributed by atoms with van der Waals surface area (Å²) in [5.74, 6) is 1.46. The van der Waals surface area contributed by atoms with Gasteiger partial charge in [-0.2, -0.15) is 0 Å². The van der Waals surface area contributed by atoms with Crippen molar-refractivity contribution in [1.82, 2.24) is 10.3 Å². The van der Waals surface area contributed by atoms with E-state index in [-0.39, 0.29) is 18.3 Å². The minimum atomic E-state index is -0.784. The predicted molar refractivity (Wildman–Crippen MR) is 98.8 cm³/mol. The molecule has 27 heavy (non-hydrogen) atoms. The molecule has 3 aromatic rings. The summed E-state index contributed by atoms with van der Waals surface area (Å²) in [7, 11) is 0. The third-order valence-corrected chi connectivity index (χ3v) is 4.38. The summed E-state index contributed by atoms with van der Waals surface area (Å²) in [5.41, 5.74) is 2.49. The van der Waals surface area contributed by atoms with E-state index >= 15 is 0 Å². The van der Waals surface area contributed by atoms with Crippen LogP contribution in [0.4, 0.5) is 5.82 Å². The number of ether oxygens (including phenoxy) is 2. The molecule has 0 spiro atoms. The first kappa shape index (κ1) is 17.1. The maximum atomic E-state index is 12.6. The molecule has 4 rings (SSSR count). The zero-order valence-corrected chi connectivity index (χ0v) is 15.0. The second-order valence-electron chi connectivity index (χ2n) is 6.59. The molecule has 0 saturated carbocycles. The van der Waals surface area contributed by atoms with Gasteiger partial charge in [-0.1, -0.05) is 50.2 Å². The minimum Gasteiger partial charge on any atom is -0.485 e. The van der Waals surface area contributed by atoms with Crippen LogP contribution in [0.5, 0.6) is 11.5 Å². The Bertz CT molecular complexity index is 950. The quantitative estimate of drug-likeness (QED) is 0.760. The molecule has 2 heterocycles. The van der Waals surface area contributed by atoms with Gasteiger partial charge in [-0.05, 0) is 33.9 Å². The number of nitrogens with zero attached hydrogens (tertiary/aromatic N) is 2. The van der Waals surface area contributed by atoms with E-state index in [1.807, 2.05) is 36.4 Å². The summed E-state index contributed by atoms with van der Waals surface area (Å²) in [6.45, 7) is 4.37. The molecule has 0 unspecified atom stereocenters. The number of aromatic nitrogens is 2. The number of fused-ring (bicyclic) bond motifs is 1. The molecule has 0 aliphatic carbocycles. The number of anilines is 1. The van der Waals surface area contributed by atoms with Crippen LogP contribution in [0.1, 0.15) is 25.3 Å². The van der Waals surface area contributed by atoms with E-state index in [2.05, 4.69) is 29.5 Å². The summed E-state index contributed by atoms with van der Waals surface area (Å²) < 4.78 is 16.1. The fourth-order valence-electron chi connectivity index (χ4n) is 2.83. The predicted octanol–water partition coefficient (Wildman–Crippen LogP) is 3.64. The van der Waals surface area contributed by atoms with E-state index in [1.54, 1.807) is 12.1 Å². The van der Waals surface area contributed by atoms with E-state index in [1.165, 1.54) is 5.56 Å². The van der Waals surface area contributed by atoms with E-state index in [0.717, 1.165) is 5.56 Å². The van der Waals surface area contributed by atoms with Gasteiger partial charge in [0.2, 0.25) is 11.9 Å². The van der Waals surface area contributed by atoms with Crippen LogP contribution >= 0.6 is 0 Å². The average Bonchev–Trinajstić information content (AvgIpc) is 3.15. The maximum absolute atomic E-state index is 12.6. The zero-order chi connectivity index (χ0) is 18.8. The van der Waals surface area contributed by atoms with Gasteiger partial charge in [-0.25, -0.2) is 4.63 Å². The number of carbonyl (C=O) groups excluding carboxylic acids is 1. The molecular formula is C20H19N3O4. The SMILES string of the molecule is CC(C)c1ccc(-c2nonc2NC(=O)[C@@H]2COc3ccccc3O2)cc1. The van der Waals surface area contributed by atoms with Crippen molar-refractivity contribution in [3.8, 4) is 22.8 Å². The van der Waals surface area contributed by atoms with Gasteiger partial charge in [0.1, 0.15) is 6.61 Å². The Morgan fingerprint density at radius 3 is 2.56 bits per heavy atom. The highest BCUT2D eigenvalue weighted by Gasteiger charge is 2.29. The van der Waals surface area contributed by atoms with Gasteiger partial charge in [0, 0.05) is 5.56 Å². The van der Waals surface area contributed by atoms with Crippen molar-refractivity contribution >= 4 is 11.7 Å². The van der Waals surface area contributed by atoms with E-state index in [4.69, 9.17) is 14.1 Å². The lowest BCUT2D eigenvalue weighted by atomic mass is 10.0. The summed E-state index contributed by atoms with van der Waals surface area (Å²) in [4.78, 5) is 12.6. The Hall–Kier alpha value is -3.35. The van der Waals surface area contributed by atoms with Crippen molar-refractivity contribution in [3.63, 3.8) is 0 Å². The van der Waals surface area contributed by atoms with Crippen molar-refractivity contribution in [2.45, 2.75) is 25.9 Å². The summed E-state index contributed by atoms with van der Waals surface area (Å²) in [6, 6.07) is 15.1. The highest BCUT2D eigenvalue weighted by Crippen LogP contribution is 2.31. The normalized spacial score (nSPS) is 15.6. The van der Waals surface area contributed by atoms with Crippen LogP contribution in [0, 0.1) is 0 Å². The number of rotatable bonds is 4. The van der Waals surface area contributed by atoms with E-state index in [0.29, 0.717) is 23.1 Å². The molecule has 7 nitrogen and oxygen atoms in total. The Morgan fingerprint density at radius 1 is 1.07 bits per heavy atom. The minimum absolute atomic E-state index is 0.118. The van der Waals surface area contributed by atoms with Gasteiger partial charge < -0.3 is 14.8 Å². The Morgan fingerprint density at radius 2 is 1.81 bits per heavy atom. The smallest absolute Gasteiger partial charge is 0.270 e. The molecule has 0 saturated heterocycles. The Balaban J connectivity index is 1.49. The first-order valence-corrected chi connectivity index (χ1v) is 8.74. The number of hydrogen-bond donors (Lipinski definition) is 1. The summed E-state index contributed by atoms with van der Waals surface area (Å²) >= 11 is 0. The molecule has 1 aromatic heterocycles. The molecular weight excluding hydrogens is 346 g/mol. The number of nitrogens with one attached hydrogen (secondary N) is 1. The molecule has 1 atom stereocenters. The first-order valence-electron chi connectivity index (χ1n) is 8.74. The van der Waals surface area contributed by atoms with Crippen LogP contribution in [0.2, 0.25) is 0 Å². The van der Waals surface area contributed by atoms with E-state index < -0.39 is 6.10 Å². The summed E-state index contributed by atoms with van der Waals surface area (Å²) in [6.07, 6.45) is -0.784. The third kappa shape index (κ3) is 3.48. The number of hydrogen-bond acceptors (Lipinski definition) is 6. The fourth-order valence-corrected chi connectivity index (χ4v) is 2.83. The number of benzene rings is 2. The second-order valence-corrected chi connectivity index (χ2v) is 6.59.